The Labute approximate surface area is 277 Å². The standard InChI is InChI=1S/C40H69NO4/c1-9-11-22-41(23-12-10-2)26-32-24-34-36-17-16-35(29(4)15-13-14-28(3)27-44-30(5)42)39(36,7)21-19-37(34)40(8)20-18-33(25-38(32)40)45-31(6)43/h28-29,33-37H,9-27H2,1-8H3/t28?,29-,33+,34+,35-,36+,37+,39-,40-/m1/s1. The number of ether oxygens (including phenoxy) is 2. The van der Waals surface area contributed by atoms with Crippen molar-refractivity contribution in [3.8, 4) is 0 Å². The fraction of sp³-hybridized carbons (Fsp3) is 0.900. The molecule has 0 heterocycles. The summed E-state index contributed by atoms with van der Waals surface area (Å²) < 4.78 is 11.2. The molecule has 0 aliphatic heterocycles. The number of carbonyl (C=O) groups excluding carboxylic acids is 2. The van der Waals surface area contributed by atoms with Crippen molar-refractivity contribution in [2.45, 2.75) is 158 Å². The van der Waals surface area contributed by atoms with Gasteiger partial charge in [-0.1, -0.05) is 78.4 Å². The van der Waals surface area contributed by atoms with E-state index in [1.807, 2.05) is 0 Å². The molecule has 0 aromatic rings. The molecular weight excluding hydrogens is 558 g/mol. The van der Waals surface area contributed by atoms with Crippen LogP contribution in [0, 0.1) is 46.3 Å². The van der Waals surface area contributed by atoms with Gasteiger partial charge in [0.1, 0.15) is 6.10 Å². The lowest BCUT2D eigenvalue weighted by Gasteiger charge is -2.60. The third-order valence-electron chi connectivity index (χ3n) is 13.4. The topological polar surface area (TPSA) is 55.8 Å². The summed E-state index contributed by atoms with van der Waals surface area (Å²) in [6, 6.07) is 0. The van der Waals surface area contributed by atoms with Crippen LogP contribution < -0.4 is 0 Å². The molecule has 1 unspecified atom stereocenters. The molecule has 258 valence electrons. The zero-order valence-corrected chi connectivity index (χ0v) is 30.6. The third-order valence-corrected chi connectivity index (χ3v) is 13.4. The highest BCUT2D eigenvalue weighted by atomic mass is 16.5. The molecule has 4 aliphatic carbocycles. The predicted molar refractivity (Wildman–Crippen MR) is 185 cm³/mol. The Hall–Kier alpha value is -1.36. The van der Waals surface area contributed by atoms with Gasteiger partial charge in [-0.3, -0.25) is 14.5 Å². The van der Waals surface area contributed by atoms with Gasteiger partial charge in [-0.05, 0) is 124 Å². The molecule has 3 fully saturated rings. The molecule has 0 amide bonds. The maximum Gasteiger partial charge on any atom is 0.302 e. The summed E-state index contributed by atoms with van der Waals surface area (Å²) >= 11 is 0. The fourth-order valence-corrected chi connectivity index (χ4v) is 11.0. The second kappa shape index (κ2) is 16.2. The van der Waals surface area contributed by atoms with E-state index < -0.39 is 0 Å². The molecule has 3 saturated carbocycles. The summed E-state index contributed by atoms with van der Waals surface area (Å²) in [5.74, 6) is 4.11. The Morgan fingerprint density at radius 3 is 2.22 bits per heavy atom. The Morgan fingerprint density at radius 2 is 1.58 bits per heavy atom. The molecule has 5 heteroatoms. The number of rotatable bonds is 16. The second-order valence-electron chi connectivity index (χ2n) is 16.6. The van der Waals surface area contributed by atoms with Crippen molar-refractivity contribution in [2.75, 3.05) is 26.2 Å². The molecule has 0 aromatic carbocycles. The van der Waals surface area contributed by atoms with Gasteiger partial charge in [0.15, 0.2) is 0 Å². The van der Waals surface area contributed by atoms with E-state index in [0.29, 0.717) is 17.9 Å². The highest BCUT2D eigenvalue weighted by Crippen LogP contribution is 2.68. The van der Waals surface area contributed by atoms with Crippen LogP contribution >= 0.6 is 0 Å². The summed E-state index contributed by atoms with van der Waals surface area (Å²) in [5.41, 5.74) is 4.11. The second-order valence-corrected chi connectivity index (χ2v) is 16.6. The average Bonchev–Trinajstić information content (AvgIpc) is 3.35. The molecule has 45 heavy (non-hydrogen) atoms. The lowest BCUT2D eigenvalue weighted by molar-refractivity contribution is -0.149. The summed E-state index contributed by atoms with van der Waals surface area (Å²) in [6.07, 6.45) is 18.7. The number of hydrogen-bond donors (Lipinski definition) is 0. The number of carbonyl (C=O) groups is 2. The van der Waals surface area contributed by atoms with E-state index in [4.69, 9.17) is 9.47 Å². The van der Waals surface area contributed by atoms with Crippen molar-refractivity contribution in [2.24, 2.45) is 46.3 Å². The van der Waals surface area contributed by atoms with E-state index >= 15 is 0 Å². The minimum atomic E-state index is -0.162. The van der Waals surface area contributed by atoms with Gasteiger partial charge in [0, 0.05) is 26.8 Å². The van der Waals surface area contributed by atoms with Crippen LogP contribution in [0.1, 0.15) is 152 Å². The molecule has 0 N–H and O–H groups in total. The molecule has 4 aliphatic rings. The van der Waals surface area contributed by atoms with Crippen LogP contribution in [0.2, 0.25) is 0 Å². The van der Waals surface area contributed by atoms with E-state index in [1.54, 1.807) is 18.1 Å². The monoisotopic (exact) mass is 628 g/mol. The lowest BCUT2D eigenvalue weighted by Crippen LogP contribution is -2.52. The van der Waals surface area contributed by atoms with Crippen LogP contribution in [-0.4, -0.2) is 49.2 Å². The fourth-order valence-electron chi connectivity index (χ4n) is 11.0. The predicted octanol–water partition coefficient (Wildman–Crippen LogP) is 9.78. The summed E-state index contributed by atoms with van der Waals surface area (Å²) in [7, 11) is 0. The zero-order chi connectivity index (χ0) is 32.8. The van der Waals surface area contributed by atoms with E-state index in [-0.39, 0.29) is 23.5 Å². The van der Waals surface area contributed by atoms with Crippen LogP contribution in [0.3, 0.4) is 0 Å². The van der Waals surface area contributed by atoms with Gasteiger partial charge in [0.2, 0.25) is 0 Å². The van der Waals surface area contributed by atoms with Gasteiger partial charge in [-0.25, -0.2) is 0 Å². The van der Waals surface area contributed by atoms with Crippen molar-refractivity contribution in [1.29, 1.82) is 0 Å². The van der Waals surface area contributed by atoms with Gasteiger partial charge in [0.25, 0.3) is 0 Å². The van der Waals surface area contributed by atoms with E-state index in [2.05, 4.69) is 46.4 Å². The molecule has 4 rings (SSSR count). The smallest absolute Gasteiger partial charge is 0.302 e. The number of unbranched alkanes of at least 4 members (excludes halogenated alkanes) is 2. The van der Waals surface area contributed by atoms with Crippen LogP contribution in [-0.2, 0) is 19.1 Å². The molecule has 0 spiro atoms. The SMILES string of the molecule is CCCCN(CCCC)CC1=C2C[C@@H](OC(C)=O)CC[C@]2(C)[C@H]2CC[C@]3(C)[C@@H]([C@H](C)CCCC(C)COC(C)=O)CC[C@H]3[C@@H]2C1. The Kier molecular flexibility index (Phi) is 13.1. The Morgan fingerprint density at radius 1 is 0.867 bits per heavy atom. The summed E-state index contributed by atoms with van der Waals surface area (Å²) in [6.45, 7) is 21.9. The van der Waals surface area contributed by atoms with Crippen molar-refractivity contribution in [1.82, 2.24) is 4.90 Å². The molecule has 9 atom stereocenters. The number of esters is 2. The minimum Gasteiger partial charge on any atom is -0.466 e. The van der Waals surface area contributed by atoms with Crippen molar-refractivity contribution in [3.05, 3.63) is 11.1 Å². The first-order valence-corrected chi connectivity index (χ1v) is 19.2. The highest BCUT2D eigenvalue weighted by molar-refractivity contribution is 5.66. The Balaban J connectivity index is 1.53. The van der Waals surface area contributed by atoms with Crippen LogP contribution in [0.4, 0.5) is 0 Å². The number of nitrogens with zero attached hydrogens (tertiary/aromatic N) is 1. The quantitative estimate of drug-likeness (QED) is 0.126. The molecule has 0 aromatic heterocycles. The minimum absolute atomic E-state index is 0.0548. The highest BCUT2D eigenvalue weighted by Gasteiger charge is 2.60. The van der Waals surface area contributed by atoms with E-state index in [9.17, 15) is 9.59 Å². The van der Waals surface area contributed by atoms with Gasteiger partial charge < -0.3 is 9.47 Å². The van der Waals surface area contributed by atoms with Crippen molar-refractivity contribution in [3.63, 3.8) is 0 Å². The molecule has 0 radical (unpaired) electrons. The first-order valence-electron chi connectivity index (χ1n) is 19.2. The number of hydrogen-bond acceptors (Lipinski definition) is 5. The van der Waals surface area contributed by atoms with Crippen LogP contribution in [0.15, 0.2) is 11.1 Å². The Bertz CT molecular complexity index is 1010. The molecular formula is C40H69NO4. The summed E-state index contributed by atoms with van der Waals surface area (Å²) in [4.78, 5) is 26.0. The van der Waals surface area contributed by atoms with Crippen molar-refractivity contribution >= 4 is 11.9 Å². The largest absolute Gasteiger partial charge is 0.466 e. The van der Waals surface area contributed by atoms with Crippen LogP contribution in [0.5, 0.6) is 0 Å². The van der Waals surface area contributed by atoms with Gasteiger partial charge in [-0.15, -0.1) is 0 Å². The molecule has 5 nitrogen and oxygen atoms in total. The maximum absolute atomic E-state index is 12.0. The first-order chi connectivity index (χ1) is 21.4. The molecule has 0 bridgehead atoms. The van der Waals surface area contributed by atoms with Gasteiger partial charge in [0.05, 0.1) is 6.61 Å². The van der Waals surface area contributed by atoms with Crippen molar-refractivity contribution < 1.29 is 19.1 Å². The van der Waals surface area contributed by atoms with Gasteiger partial charge in [-0.2, -0.15) is 0 Å². The van der Waals surface area contributed by atoms with Gasteiger partial charge >= 0.3 is 11.9 Å². The summed E-state index contributed by atoms with van der Waals surface area (Å²) in [5, 5.41) is 0. The maximum atomic E-state index is 12.0. The van der Waals surface area contributed by atoms with Crippen LogP contribution in [0.25, 0.3) is 0 Å². The van der Waals surface area contributed by atoms with E-state index in [1.165, 1.54) is 97.1 Å². The van der Waals surface area contributed by atoms with E-state index in [0.717, 1.165) is 55.4 Å². The lowest BCUT2D eigenvalue weighted by atomic mass is 9.46. The zero-order valence-electron chi connectivity index (χ0n) is 30.6. The third kappa shape index (κ3) is 8.57. The first kappa shape index (κ1) is 36.5. The average molecular weight is 628 g/mol. The molecule has 0 saturated heterocycles. The number of fused-ring (bicyclic) bond motifs is 5. The normalized spacial score (nSPS) is 34.1.